The summed E-state index contributed by atoms with van der Waals surface area (Å²) in [5, 5.41) is 5.86. The van der Waals surface area contributed by atoms with Crippen LogP contribution in [-0.4, -0.2) is 29.5 Å². The minimum absolute atomic E-state index is 0.106. The normalized spacial score (nSPS) is 15.0. The molecule has 1 aliphatic heterocycles. The van der Waals surface area contributed by atoms with Crippen LogP contribution in [0, 0.1) is 6.92 Å². The molecule has 2 N–H and O–H groups in total. The second-order valence-corrected chi connectivity index (χ2v) is 7.11. The zero-order valence-corrected chi connectivity index (χ0v) is 15.8. The molecule has 2 heterocycles. The number of aryl methyl sites for hydroxylation is 1. The largest absolute Gasteiger partial charge is 0.485 e. The van der Waals surface area contributed by atoms with Crippen molar-refractivity contribution in [3.63, 3.8) is 0 Å². The molecule has 7 nitrogen and oxygen atoms in total. The van der Waals surface area contributed by atoms with E-state index in [9.17, 15) is 9.59 Å². The Kier molecular flexibility index (Phi) is 4.94. The Labute approximate surface area is 165 Å². The first-order chi connectivity index (χ1) is 13.6. The van der Waals surface area contributed by atoms with Crippen LogP contribution in [-0.2, 0) is 4.79 Å². The smallest absolute Gasteiger partial charge is 0.270 e. The number of nitrogens with zero attached hydrogens (tertiary/aromatic N) is 1. The highest BCUT2D eigenvalue weighted by Crippen LogP contribution is 2.31. The van der Waals surface area contributed by atoms with Gasteiger partial charge in [0.25, 0.3) is 11.8 Å². The van der Waals surface area contributed by atoms with Gasteiger partial charge in [0.2, 0.25) is 6.10 Å². The first kappa shape index (κ1) is 18.0. The highest BCUT2D eigenvalue weighted by atomic mass is 32.1. The fraction of sp³-hybridized carbons (Fsp3) is 0.150. The molecule has 3 aromatic rings. The van der Waals surface area contributed by atoms with Gasteiger partial charge in [-0.3, -0.25) is 14.9 Å². The first-order valence-corrected chi connectivity index (χ1v) is 9.45. The Morgan fingerprint density at radius 2 is 1.75 bits per heavy atom. The lowest BCUT2D eigenvalue weighted by Crippen LogP contribution is -2.40. The minimum Gasteiger partial charge on any atom is -0.485 e. The zero-order chi connectivity index (χ0) is 19.5. The van der Waals surface area contributed by atoms with Crippen LogP contribution in [0.3, 0.4) is 0 Å². The average Bonchev–Trinajstić information content (AvgIpc) is 3.08. The standard InChI is InChI=1S/C20H17N3O4S/c1-12-17(19(25)22-13-7-3-2-4-8-13)28-20(21-12)23-18(24)16-11-26-14-9-5-6-10-15(14)27-16/h2-10,16H,11H2,1H3,(H,22,25)(H,21,23,24). The van der Waals surface area contributed by atoms with Crippen molar-refractivity contribution in [2.45, 2.75) is 13.0 Å². The summed E-state index contributed by atoms with van der Waals surface area (Å²) < 4.78 is 11.3. The molecule has 0 fully saturated rings. The first-order valence-electron chi connectivity index (χ1n) is 8.63. The molecular weight excluding hydrogens is 378 g/mol. The maximum Gasteiger partial charge on any atom is 0.270 e. The summed E-state index contributed by atoms with van der Waals surface area (Å²) in [5.74, 6) is 0.481. The summed E-state index contributed by atoms with van der Waals surface area (Å²) in [6.07, 6.45) is -0.791. The molecule has 2 amide bonds. The maximum atomic E-state index is 12.5. The van der Waals surface area contributed by atoms with E-state index in [1.807, 2.05) is 30.3 Å². The van der Waals surface area contributed by atoms with Gasteiger partial charge in [0, 0.05) is 5.69 Å². The lowest BCUT2D eigenvalue weighted by molar-refractivity contribution is -0.125. The van der Waals surface area contributed by atoms with Crippen LogP contribution in [0.25, 0.3) is 0 Å². The molecule has 1 aliphatic rings. The number of anilines is 2. The third kappa shape index (κ3) is 3.81. The number of ether oxygens (including phenoxy) is 2. The summed E-state index contributed by atoms with van der Waals surface area (Å²) in [5.41, 5.74) is 1.23. The zero-order valence-electron chi connectivity index (χ0n) is 15.0. The molecule has 0 radical (unpaired) electrons. The molecule has 0 aliphatic carbocycles. The molecule has 28 heavy (non-hydrogen) atoms. The molecule has 1 aromatic heterocycles. The molecule has 142 valence electrons. The molecule has 2 aromatic carbocycles. The van der Waals surface area contributed by atoms with Crippen LogP contribution in [0.2, 0.25) is 0 Å². The highest BCUT2D eigenvalue weighted by molar-refractivity contribution is 7.17. The Balaban J connectivity index is 1.42. The van der Waals surface area contributed by atoms with Gasteiger partial charge in [0.15, 0.2) is 16.6 Å². The second-order valence-electron chi connectivity index (χ2n) is 6.11. The van der Waals surface area contributed by atoms with Crippen LogP contribution in [0.4, 0.5) is 10.8 Å². The number of benzene rings is 2. The van der Waals surface area contributed by atoms with E-state index >= 15 is 0 Å². The van der Waals surface area contributed by atoms with Crippen molar-refractivity contribution < 1.29 is 19.1 Å². The second kappa shape index (κ2) is 7.69. The van der Waals surface area contributed by atoms with E-state index in [1.54, 1.807) is 31.2 Å². The van der Waals surface area contributed by atoms with Crippen molar-refractivity contribution in [2.75, 3.05) is 17.2 Å². The number of amides is 2. The molecule has 0 saturated heterocycles. The number of nitrogens with one attached hydrogen (secondary N) is 2. The highest BCUT2D eigenvalue weighted by Gasteiger charge is 2.28. The number of fused-ring (bicyclic) bond motifs is 1. The maximum absolute atomic E-state index is 12.5. The third-order valence-electron chi connectivity index (χ3n) is 4.07. The van der Waals surface area contributed by atoms with E-state index in [4.69, 9.17) is 9.47 Å². The topological polar surface area (TPSA) is 89.6 Å². The molecule has 1 unspecified atom stereocenters. The Morgan fingerprint density at radius 1 is 1.04 bits per heavy atom. The Bertz CT molecular complexity index is 1020. The van der Waals surface area contributed by atoms with Gasteiger partial charge in [-0.25, -0.2) is 4.98 Å². The lowest BCUT2D eigenvalue weighted by atomic mass is 10.2. The predicted octanol–water partition coefficient (Wildman–Crippen LogP) is 3.48. The molecule has 0 spiro atoms. The SMILES string of the molecule is Cc1nc(NC(=O)C2COc3ccccc3O2)sc1C(=O)Nc1ccccc1. The number of carbonyl (C=O) groups is 2. The minimum atomic E-state index is -0.791. The van der Waals surface area contributed by atoms with Crippen LogP contribution in [0.15, 0.2) is 54.6 Å². The number of carbonyl (C=O) groups excluding carboxylic acids is 2. The predicted molar refractivity (Wildman–Crippen MR) is 106 cm³/mol. The fourth-order valence-corrected chi connectivity index (χ4v) is 3.57. The van der Waals surface area contributed by atoms with E-state index in [2.05, 4.69) is 15.6 Å². The van der Waals surface area contributed by atoms with Gasteiger partial charge in [0.05, 0.1) is 5.69 Å². The summed E-state index contributed by atoms with van der Waals surface area (Å²) in [7, 11) is 0. The van der Waals surface area contributed by atoms with Crippen LogP contribution in [0.1, 0.15) is 15.4 Å². The number of hydrogen-bond donors (Lipinski definition) is 2. The summed E-state index contributed by atoms with van der Waals surface area (Å²) in [6, 6.07) is 16.3. The van der Waals surface area contributed by atoms with E-state index in [0.29, 0.717) is 32.9 Å². The number of thiazole rings is 1. The molecule has 1 atom stereocenters. The summed E-state index contributed by atoms with van der Waals surface area (Å²) >= 11 is 1.11. The van der Waals surface area contributed by atoms with Crippen LogP contribution < -0.4 is 20.1 Å². The summed E-state index contributed by atoms with van der Waals surface area (Å²) in [4.78, 5) is 29.7. The molecule has 4 rings (SSSR count). The lowest BCUT2D eigenvalue weighted by Gasteiger charge is -2.25. The molecular formula is C20H17N3O4S. The van der Waals surface area contributed by atoms with E-state index in [1.165, 1.54) is 0 Å². The van der Waals surface area contributed by atoms with Crippen molar-refractivity contribution in [3.8, 4) is 11.5 Å². The van der Waals surface area contributed by atoms with Crippen molar-refractivity contribution in [1.29, 1.82) is 0 Å². The Hall–Kier alpha value is -3.39. The van der Waals surface area contributed by atoms with Gasteiger partial charge in [-0.15, -0.1) is 0 Å². The number of aromatic nitrogens is 1. The van der Waals surface area contributed by atoms with Crippen molar-refractivity contribution in [2.24, 2.45) is 0 Å². The number of rotatable bonds is 4. The number of para-hydroxylation sites is 3. The molecule has 8 heteroatoms. The molecule has 0 saturated carbocycles. The van der Waals surface area contributed by atoms with Crippen molar-refractivity contribution in [1.82, 2.24) is 4.98 Å². The van der Waals surface area contributed by atoms with Crippen molar-refractivity contribution >= 4 is 34.0 Å². The van der Waals surface area contributed by atoms with Gasteiger partial charge in [-0.05, 0) is 31.2 Å². The van der Waals surface area contributed by atoms with Gasteiger partial charge >= 0.3 is 0 Å². The third-order valence-corrected chi connectivity index (χ3v) is 5.14. The van der Waals surface area contributed by atoms with E-state index in [0.717, 1.165) is 11.3 Å². The van der Waals surface area contributed by atoms with Crippen LogP contribution >= 0.6 is 11.3 Å². The Morgan fingerprint density at radius 3 is 2.54 bits per heavy atom. The van der Waals surface area contributed by atoms with E-state index < -0.39 is 6.10 Å². The van der Waals surface area contributed by atoms with Gasteiger partial charge in [-0.2, -0.15) is 0 Å². The van der Waals surface area contributed by atoms with Gasteiger partial charge in [-0.1, -0.05) is 41.7 Å². The van der Waals surface area contributed by atoms with Gasteiger partial charge in [0.1, 0.15) is 11.5 Å². The van der Waals surface area contributed by atoms with Gasteiger partial charge < -0.3 is 14.8 Å². The average molecular weight is 395 g/mol. The summed E-state index contributed by atoms with van der Waals surface area (Å²) in [6.45, 7) is 1.83. The van der Waals surface area contributed by atoms with E-state index in [-0.39, 0.29) is 18.4 Å². The molecule has 0 bridgehead atoms. The quantitative estimate of drug-likeness (QED) is 0.706. The number of hydrogen-bond acceptors (Lipinski definition) is 6. The van der Waals surface area contributed by atoms with Crippen LogP contribution in [0.5, 0.6) is 11.5 Å². The van der Waals surface area contributed by atoms with Crippen molar-refractivity contribution in [3.05, 3.63) is 65.2 Å². The monoisotopic (exact) mass is 395 g/mol. The fourth-order valence-electron chi connectivity index (χ4n) is 2.70.